The predicted molar refractivity (Wildman–Crippen MR) is 157 cm³/mol. The first-order valence-electron chi connectivity index (χ1n) is 13.0. The third-order valence-corrected chi connectivity index (χ3v) is 7.69. The largest absolute Gasteiger partial charge is 0.465 e. The van der Waals surface area contributed by atoms with E-state index < -0.39 is 18.0 Å². The molecule has 0 unspecified atom stereocenters. The van der Waals surface area contributed by atoms with Crippen molar-refractivity contribution < 1.29 is 23.5 Å². The Morgan fingerprint density at radius 1 is 1.10 bits per heavy atom. The Bertz CT molecular complexity index is 1840. The maximum atomic E-state index is 13.8. The molecule has 0 fully saturated rings. The summed E-state index contributed by atoms with van der Waals surface area (Å²) in [5.41, 5.74) is 3.40. The number of carbonyl (C=O) groups excluding carboxylic acids is 2. The van der Waals surface area contributed by atoms with E-state index in [1.54, 1.807) is 54.8 Å². The number of rotatable bonds is 7. The van der Waals surface area contributed by atoms with Gasteiger partial charge in [-0.25, -0.2) is 14.6 Å². The number of hydrogen-bond donors (Lipinski definition) is 0. The summed E-state index contributed by atoms with van der Waals surface area (Å²) in [6, 6.07) is 17.5. The lowest BCUT2D eigenvalue weighted by atomic mass is 9.95. The second-order valence-electron chi connectivity index (χ2n) is 9.56. The number of aromatic nitrogens is 1. The number of hydrogen-bond acceptors (Lipinski definition) is 9. The highest BCUT2D eigenvalue weighted by Gasteiger charge is 2.33. The number of esters is 2. The van der Waals surface area contributed by atoms with E-state index in [4.69, 9.17) is 13.9 Å². The highest BCUT2D eigenvalue weighted by atomic mass is 32.1. The van der Waals surface area contributed by atoms with Crippen molar-refractivity contribution in [2.75, 3.05) is 32.7 Å². The topological polar surface area (TPSA) is 103 Å². The fourth-order valence-corrected chi connectivity index (χ4v) is 5.72. The minimum atomic E-state index is -0.697. The van der Waals surface area contributed by atoms with E-state index in [1.165, 1.54) is 18.4 Å². The maximum absolute atomic E-state index is 13.8. The van der Waals surface area contributed by atoms with Crippen LogP contribution in [0.25, 0.3) is 17.4 Å². The first-order valence-corrected chi connectivity index (χ1v) is 13.8. The van der Waals surface area contributed by atoms with Crippen LogP contribution in [0.15, 0.2) is 86.1 Å². The quantitative estimate of drug-likeness (QED) is 0.310. The van der Waals surface area contributed by atoms with Crippen LogP contribution in [0.1, 0.15) is 41.6 Å². The van der Waals surface area contributed by atoms with Crippen LogP contribution in [0.5, 0.6) is 0 Å². The monoisotopic (exact) mass is 571 g/mol. The molecule has 0 saturated carbocycles. The van der Waals surface area contributed by atoms with Crippen molar-refractivity contribution in [1.29, 1.82) is 0 Å². The van der Waals surface area contributed by atoms with Gasteiger partial charge < -0.3 is 18.8 Å². The number of methoxy groups -OCH3 is 1. The third kappa shape index (κ3) is 5.38. The molecule has 1 atom stereocenters. The second-order valence-corrected chi connectivity index (χ2v) is 10.6. The molecule has 4 aromatic rings. The van der Waals surface area contributed by atoms with E-state index in [-0.39, 0.29) is 12.2 Å². The van der Waals surface area contributed by atoms with Gasteiger partial charge in [0.2, 0.25) is 0 Å². The van der Waals surface area contributed by atoms with Gasteiger partial charge in [-0.2, -0.15) is 0 Å². The third-order valence-electron chi connectivity index (χ3n) is 6.71. The summed E-state index contributed by atoms with van der Waals surface area (Å²) in [4.78, 5) is 46.0. The summed E-state index contributed by atoms with van der Waals surface area (Å²) in [7, 11) is 5.22. The zero-order chi connectivity index (χ0) is 29.3. The molecule has 2 aromatic heterocycles. The van der Waals surface area contributed by atoms with Crippen molar-refractivity contribution in [2.45, 2.75) is 19.9 Å². The zero-order valence-electron chi connectivity index (χ0n) is 23.3. The Labute approximate surface area is 240 Å². The summed E-state index contributed by atoms with van der Waals surface area (Å²) >= 11 is 1.22. The van der Waals surface area contributed by atoms with Crippen molar-refractivity contribution in [2.24, 2.45) is 4.99 Å². The fourth-order valence-electron chi connectivity index (χ4n) is 4.69. The van der Waals surface area contributed by atoms with Crippen LogP contribution in [0.4, 0.5) is 5.69 Å². The molecule has 3 heterocycles. The molecular weight excluding hydrogens is 542 g/mol. The molecule has 0 saturated heterocycles. The van der Waals surface area contributed by atoms with Crippen LogP contribution < -0.4 is 19.8 Å². The Morgan fingerprint density at radius 3 is 2.54 bits per heavy atom. The minimum Gasteiger partial charge on any atom is -0.465 e. The number of carbonyl (C=O) groups is 2. The van der Waals surface area contributed by atoms with Gasteiger partial charge >= 0.3 is 11.9 Å². The number of anilines is 1. The van der Waals surface area contributed by atoms with E-state index >= 15 is 0 Å². The van der Waals surface area contributed by atoms with E-state index in [2.05, 4.69) is 4.99 Å². The summed E-state index contributed by atoms with van der Waals surface area (Å²) < 4.78 is 18.1. The fraction of sp³-hybridized carbons (Fsp3) is 0.226. The molecule has 210 valence electrons. The summed E-state index contributed by atoms with van der Waals surface area (Å²) in [5, 5.41) is 0. The summed E-state index contributed by atoms with van der Waals surface area (Å²) in [6.07, 6.45) is 1.66. The van der Waals surface area contributed by atoms with Crippen molar-refractivity contribution in [3.63, 3.8) is 0 Å². The highest BCUT2D eigenvalue weighted by Crippen LogP contribution is 2.31. The molecule has 0 amide bonds. The van der Waals surface area contributed by atoms with Gasteiger partial charge in [0.1, 0.15) is 11.5 Å². The minimum absolute atomic E-state index is 0.204. The van der Waals surface area contributed by atoms with Gasteiger partial charge in [0.05, 0.1) is 41.1 Å². The molecule has 1 aliphatic rings. The Balaban J connectivity index is 1.59. The van der Waals surface area contributed by atoms with Crippen LogP contribution in [-0.4, -0.2) is 44.3 Å². The van der Waals surface area contributed by atoms with Gasteiger partial charge in [0.25, 0.3) is 5.56 Å². The Morgan fingerprint density at radius 2 is 1.85 bits per heavy atom. The molecule has 9 nitrogen and oxygen atoms in total. The van der Waals surface area contributed by atoms with E-state index in [0.717, 1.165) is 11.3 Å². The smallest absolute Gasteiger partial charge is 0.338 e. The van der Waals surface area contributed by atoms with Crippen molar-refractivity contribution in [3.8, 4) is 11.3 Å². The molecule has 0 N–H and O–H groups in total. The van der Waals surface area contributed by atoms with Gasteiger partial charge in [-0.1, -0.05) is 35.6 Å². The lowest BCUT2D eigenvalue weighted by molar-refractivity contribution is -0.139. The Kier molecular flexibility index (Phi) is 7.76. The van der Waals surface area contributed by atoms with Crippen LogP contribution in [0, 0.1) is 0 Å². The normalized spacial score (nSPS) is 14.9. The number of ether oxygens (including phenoxy) is 2. The molecule has 0 bridgehead atoms. The van der Waals surface area contributed by atoms with Gasteiger partial charge in [-0.3, -0.25) is 9.36 Å². The van der Waals surface area contributed by atoms with Crippen LogP contribution in [0.2, 0.25) is 0 Å². The summed E-state index contributed by atoms with van der Waals surface area (Å²) in [5.74, 6) is 0.0498. The Hall–Kier alpha value is -4.70. The molecule has 2 aromatic carbocycles. The second kappa shape index (κ2) is 11.4. The average Bonchev–Trinajstić information content (AvgIpc) is 3.56. The van der Waals surface area contributed by atoms with Crippen molar-refractivity contribution in [1.82, 2.24) is 4.57 Å². The van der Waals surface area contributed by atoms with Gasteiger partial charge in [0, 0.05) is 31.4 Å². The molecule has 0 spiro atoms. The molecule has 5 rings (SSSR count). The number of furan rings is 1. The van der Waals surface area contributed by atoms with E-state index in [0.29, 0.717) is 43.3 Å². The SMILES string of the molecule is CCOC(=O)C1=C(C)N=c2s/c(=C/c3ccc(-c4cccc(C(=O)OC)c4)o3)c(=O)n2[C@H]1c1ccc(N(C)C)cc1. The number of allylic oxidation sites excluding steroid dienone is 1. The van der Waals surface area contributed by atoms with Crippen LogP contribution >= 0.6 is 11.3 Å². The number of benzene rings is 2. The lowest BCUT2D eigenvalue weighted by Gasteiger charge is -2.25. The number of nitrogens with zero attached hydrogens (tertiary/aromatic N) is 3. The maximum Gasteiger partial charge on any atom is 0.338 e. The highest BCUT2D eigenvalue weighted by molar-refractivity contribution is 7.07. The first kappa shape index (κ1) is 27.9. The standard InChI is InChI=1S/C31H29N3O6S/c1-6-39-30(37)26-18(2)32-31-34(27(26)19-10-12-22(13-11-19)33(3)4)28(35)25(41-31)17-23-14-15-24(40-23)20-8-7-9-21(16-20)29(36)38-5/h7-17,27H,6H2,1-5H3/b25-17+/t27-/m0/s1. The number of fused-ring (bicyclic) bond motifs is 1. The molecular formula is C31H29N3O6S. The van der Waals surface area contributed by atoms with E-state index in [9.17, 15) is 14.4 Å². The molecule has 10 heteroatoms. The molecule has 41 heavy (non-hydrogen) atoms. The predicted octanol–water partition coefficient (Wildman–Crippen LogP) is 3.91. The average molecular weight is 572 g/mol. The van der Waals surface area contributed by atoms with Crippen LogP contribution in [0.3, 0.4) is 0 Å². The van der Waals surface area contributed by atoms with Gasteiger partial charge in [-0.15, -0.1) is 0 Å². The van der Waals surface area contributed by atoms with Crippen molar-refractivity contribution in [3.05, 3.63) is 109 Å². The van der Waals surface area contributed by atoms with Gasteiger partial charge in [0.15, 0.2) is 4.80 Å². The molecule has 0 aliphatic carbocycles. The molecule has 1 aliphatic heterocycles. The zero-order valence-corrected chi connectivity index (χ0v) is 24.2. The summed E-state index contributed by atoms with van der Waals surface area (Å²) in [6.45, 7) is 3.70. The number of thiazole rings is 1. The lowest BCUT2D eigenvalue weighted by Crippen LogP contribution is -2.39. The van der Waals surface area contributed by atoms with Gasteiger partial charge in [-0.05, 0) is 55.8 Å². The van der Waals surface area contributed by atoms with E-state index in [1.807, 2.05) is 49.3 Å². The molecule has 0 radical (unpaired) electrons. The van der Waals surface area contributed by atoms with Crippen molar-refractivity contribution >= 4 is 35.0 Å². The van der Waals surface area contributed by atoms with Crippen LogP contribution in [-0.2, 0) is 14.3 Å². The first-order chi connectivity index (χ1) is 19.7.